The van der Waals surface area contributed by atoms with Gasteiger partial charge in [0.05, 0.1) is 26.8 Å². The molecule has 0 spiro atoms. The number of aromatic nitrogens is 2. The van der Waals surface area contributed by atoms with Crippen LogP contribution in [0.1, 0.15) is 0 Å². The molecule has 0 saturated carbocycles. The predicted molar refractivity (Wildman–Crippen MR) is 75.4 cm³/mol. The largest absolute Gasteiger partial charge is 0.369 e. The summed E-state index contributed by atoms with van der Waals surface area (Å²) in [5, 5.41) is 0.452. The topological polar surface area (TPSA) is 43.8 Å². The van der Waals surface area contributed by atoms with Gasteiger partial charge in [-0.15, -0.1) is 0 Å². The van der Waals surface area contributed by atoms with Crippen LogP contribution in [0.2, 0.25) is 10.0 Å². The molecule has 0 fully saturated rings. The van der Waals surface area contributed by atoms with Gasteiger partial charge < -0.3 is 5.73 Å². The minimum atomic E-state index is -1.59. The van der Waals surface area contributed by atoms with Gasteiger partial charge in [-0.2, -0.15) is 0 Å². The molecule has 8 heteroatoms. The van der Waals surface area contributed by atoms with Crippen molar-refractivity contribution in [2.24, 2.45) is 0 Å². The van der Waals surface area contributed by atoms with Crippen LogP contribution in [0.25, 0.3) is 16.7 Å². The Hall–Kier alpha value is -1.92. The van der Waals surface area contributed by atoms with Crippen molar-refractivity contribution >= 4 is 40.2 Å². The third-order valence-electron chi connectivity index (χ3n) is 2.98. The highest BCUT2D eigenvalue weighted by Gasteiger charge is 2.19. The molecule has 0 amide bonds. The Kier molecular flexibility index (Phi) is 3.22. The van der Waals surface area contributed by atoms with E-state index in [2.05, 4.69) is 4.98 Å². The first kappa shape index (κ1) is 14.0. The summed E-state index contributed by atoms with van der Waals surface area (Å²) in [6.07, 6.45) is 0. The fourth-order valence-electron chi connectivity index (χ4n) is 2.03. The third-order valence-corrected chi connectivity index (χ3v) is 3.70. The summed E-state index contributed by atoms with van der Waals surface area (Å²) in [5.74, 6) is -4.35. The van der Waals surface area contributed by atoms with E-state index in [0.29, 0.717) is 11.0 Å². The molecule has 2 aromatic carbocycles. The molecule has 2 N–H and O–H groups in total. The Bertz CT molecular complexity index is 877. The lowest BCUT2D eigenvalue weighted by molar-refractivity contribution is 0.445. The highest BCUT2D eigenvalue weighted by atomic mass is 35.5. The summed E-state index contributed by atoms with van der Waals surface area (Å²) >= 11 is 11.8. The standard InChI is InChI=1S/C13H6Cl2F3N3/c14-5-3-8-10(4-6(5)15)21(13(19)20-8)9-2-1-7(16)11(17)12(9)18/h1-4H,(H2,19,20). The Labute approximate surface area is 126 Å². The van der Waals surface area contributed by atoms with E-state index in [9.17, 15) is 13.2 Å². The average Bonchev–Trinajstić information content (AvgIpc) is 2.73. The minimum Gasteiger partial charge on any atom is -0.369 e. The smallest absolute Gasteiger partial charge is 0.206 e. The van der Waals surface area contributed by atoms with Gasteiger partial charge in [0.2, 0.25) is 5.95 Å². The third kappa shape index (κ3) is 2.11. The number of anilines is 1. The van der Waals surface area contributed by atoms with Gasteiger partial charge in [0, 0.05) is 0 Å². The van der Waals surface area contributed by atoms with Crippen molar-refractivity contribution in [3.8, 4) is 5.69 Å². The Balaban J connectivity index is 2.38. The van der Waals surface area contributed by atoms with E-state index in [1.165, 1.54) is 12.1 Å². The molecule has 21 heavy (non-hydrogen) atoms. The summed E-state index contributed by atoms with van der Waals surface area (Å²) in [6.45, 7) is 0. The Morgan fingerprint density at radius 3 is 2.38 bits per heavy atom. The van der Waals surface area contributed by atoms with Gasteiger partial charge in [-0.3, -0.25) is 4.57 Å². The van der Waals surface area contributed by atoms with E-state index in [0.717, 1.165) is 16.7 Å². The molecule has 1 aromatic heterocycles. The van der Waals surface area contributed by atoms with Crippen LogP contribution >= 0.6 is 23.2 Å². The fourth-order valence-corrected chi connectivity index (χ4v) is 2.35. The molecule has 0 aliphatic heterocycles. The molecule has 0 bridgehead atoms. The number of halogens is 5. The maximum absolute atomic E-state index is 13.9. The molecule has 3 nitrogen and oxygen atoms in total. The maximum Gasteiger partial charge on any atom is 0.206 e. The van der Waals surface area contributed by atoms with E-state index in [-0.39, 0.29) is 21.7 Å². The number of nitrogens with zero attached hydrogens (tertiary/aromatic N) is 2. The molecule has 1 heterocycles. The van der Waals surface area contributed by atoms with Gasteiger partial charge in [0.25, 0.3) is 0 Å². The molecule has 108 valence electrons. The number of nitrogen functional groups attached to an aromatic ring is 1. The molecular weight excluding hydrogens is 326 g/mol. The van der Waals surface area contributed by atoms with E-state index in [1.807, 2.05) is 0 Å². The highest BCUT2D eigenvalue weighted by molar-refractivity contribution is 6.42. The monoisotopic (exact) mass is 331 g/mol. The first-order valence-electron chi connectivity index (χ1n) is 5.67. The van der Waals surface area contributed by atoms with Crippen LogP contribution in [-0.4, -0.2) is 9.55 Å². The lowest BCUT2D eigenvalue weighted by Crippen LogP contribution is -2.05. The number of hydrogen-bond acceptors (Lipinski definition) is 2. The summed E-state index contributed by atoms with van der Waals surface area (Å²) in [5.41, 5.74) is 6.13. The second kappa shape index (κ2) is 4.82. The van der Waals surface area contributed by atoms with Crippen molar-refractivity contribution in [3.63, 3.8) is 0 Å². The van der Waals surface area contributed by atoms with Crippen molar-refractivity contribution in [1.82, 2.24) is 9.55 Å². The minimum absolute atomic E-state index is 0.103. The van der Waals surface area contributed by atoms with E-state index in [4.69, 9.17) is 28.9 Å². The Morgan fingerprint density at radius 1 is 1.00 bits per heavy atom. The van der Waals surface area contributed by atoms with Gasteiger partial charge in [-0.25, -0.2) is 18.2 Å². The van der Waals surface area contributed by atoms with Crippen LogP contribution in [0, 0.1) is 17.5 Å². The molecule has 0 radical (unpaired) electrons. The van der Waals surface area contributed by atoms with Gasteiger partial charge in [0.1, 0.15) is 0 Å². The van der Waals surface area contributed by atoms with Crippen LogP contribution in [0.15, 0.2) is 24.3 Å². The molecule has 0 aliphatic carbocycles. The van der Waals surface area contributed by atoms with Crippen molar-refractivity contribution in [3.05, 3.63) is 51.8 Å². The summed E-state index contributed by atoms with van der Waals surface area (Å²) in [6, 6.07) is 4.73. The number of benzene rings is 2. The maximum atomic E-state index is 13.9. The molecule has 0 unspecified atom stereocenters. The molecule has 3 rings (SSSR count). The lowest BCUT2D eigenvalue weighted by Gasteiger charge is -2.09. The molecule has 0 saturated heterocycles. The number of hydrogen-bond donors (Lipinski definition) is 1. The molecule has 0 aliphatic rings. The predicted octanol–water partition coefficient (Wildman–Crippen LogP) is 4.33. The van der Waals surface area contributed by atoms with E-state index in [1.54, 1.807) is 0 Å². The zero-order valence-corrected chi connectivity index (χ0v) is 11.7. The van der Waals surface area contributed by atoms with Crippen LogP contribution in [0.5, 0.6) is 0 Å². The van der Waals surface area contributed by atoms with Gasteiger partial charge in [-0.1, -0.05) is 23.2 Å². The zero-order valence-electron chi connectivity index (χ0n) is 10.2. The quantitative estimate of drug-likeness (QED) is 0.674. The van der Waals surface area contributed by atoms with Crippen LogP contribution in [-0.2, 0) is 0 Å². The molecule has 0 atom stereocenters. The molecular formula is C13H6Cl2F3N3. The second-order valence-electron chi connectivity index (χ2n) is 4.25. The normalized spacial score (nSPS) is 11.3. The van der Waals surface area contributed by atoms with E-state index < -0.39 is 17.5 Å². The van der Waals surface area contributed by atoms with E-state index >= 15 is 0 Å². The number of imidazole rings is 1. The van der Waals surface area contributed by atoms with Crippen molar-refractivity contribution in [2.45, 2.75) is 0 Å². The first-order valence-corrected chi connectivity index (χ1v) is 6.42. The second-order valence-corrected chi connectivity index (χ2v) is 5.07. The van der Waals surface area contributed by atoms with Gasteiger partial charge in [-0.05, 0) is 24.3 Å². The first-order chi connectivity index (χ1) is 9.90. The SMILES string of the molecule is Nc1nc2cc(Cl)c(Cl)cc2n1-c1ccc(F)c(F)c1F. The zero-order chi connectivity index (χ0) is 15.3. The van der Waals surface area contributed by atoms with Gasteiger partial charge >= 0.3 is 0 Å². The summed E-state index contributed by atoms with van der Waals surface area (Å²) < 4.78 is 41.5. The van der Waals surface area contributed by atoms with Crippen molar-refractivity contribution in [1.29, 1.82) is 0 Å². The Morgan fingerprint density at radius 2 is 1.67 bits per heavy atom. The number of rotatable bonds is 1. The number of nitrogens with two attached hydrogens (primary N) is 1. The van der Waals surface area contributed by atoms with Crippen LogP contribution in [0.4, 0.5) is 19.1 Å². The summed E-state index contributed by atoms with van der Waals surface area (Å²) in [4.78, 5) is 4.00. The number of fused-ring (bicyclic) bond motifs is 1. The van der Waals surface area contributed by atoms with Crippen molar-refractivity contribution in [2.75, 3.05) is 5.73 Å². The average molecular weight is 332 g/mol. The lowest BCUT2D eigenvalue weighted by atomic mass is 10.2. The van der Waals surface area contributed by atoms with Crippen LogP contribution < -0.4 is 5.73 Å². The van der Waals surface area contributed by atoms with Crippen LogP contribution in [0.3, 0.4) is 0 Å². The van der Waals surface area contributed by atoms with Gasteiger partial charge in [0.15, 0.2) is 17.5 Å². The fraction of sp³-hybridized carbons (Fsp3) is 0. The molecule has 3 aromatic rings. The highest BCUT2D eigenvalue weighted by Crippen LogP contribution is 2.32. The summed E-state index contributed by atoms with van der Waals surface area (Å²) in [7, 11) is 0. The van der Waals surface area contributed by atoms with Crippen molar-refractivity contribution < 1.29 is 13.2 Å².